The van der Waals surface area contributed by atoms with E-state index in [1.54, 1.807) is 48.5 Å². The summed E-state index contributed by atoms with van der Waals surface area (Å²) < 4.78 is 10.6. The first-order valence-corrected chi connectivity index (χ1v) is 10.6. The molecule has 3 N–H and O–H groups in total. The molecule has 2 amide bonds. The third-order valence-corrected chi connectivity index (χ3v) is 5.13. The molecule has 3 aromatic carbocycles. The van der Waals surface area contributed by atoms with Gasteiger partial charge >= 0.3 is 0 Å². The number of nitro benzene ring substituents is 1. The van der Waals surface area contributed by atoms with Crippen LogP contribution in [-0.4, -0.2) is 34.9 Å². The van der Waals surface area contributed by atoms with Crippen molar-refractivity contribution in [1.29, 1.82) is 0 Å². The van der Waals surface area contributed by atoms with Gasteiger partial charge in [0.1, 0.15) is 11.4 Å². The molecule has 0 unspecified atom stereocenters. The van der Waals surface area contributed by atoms with E-state index in [0.717, 1.165) is 12.3 Å². The topological polar surface area (TPSA) is 152 Å². The third-order valence-electron chi connectivity index (χ3n) is 5.13. The molecule has 36 heavy (non-hydrogen) atoms. The zero-order valence-corrected chi connectivity index (χ0v) is 18.9. The Hall–Kier alpha value is -5.19. The molecule has 4 rings (SSSR count). The number of nitrogens with one attached hydrogen (secondary N) is 2. The molecular formula is C25H20N4O7. The number of carbonyl (C=O) groups is 2. The van der Waals surface area contributed by atoms with Gasteiger partial charge in [0, 0.05) is 23.3 Å². The fourth-order valence-electron chi connectivity index (χ4n) is 3.32. The molecule has 0 bridgehead atoms. The van der Waals surface area contributed by atoms with Crippen LogP contribution in [0, 0.1) is 17.0 Å². The molecule has 0 aliphatic carbocycles. The number of hydrogen-bond acceptors (Lipinski definition) is 8. The van der Waals surface area contributed by atoms with E-state index < -0.39 is 16.7 Å². The normalized spacial score (nSPS) is 12.4. The second kappa shape index (κ2) is 10.4. The summed E-state index contributed by atoms with van der Waals surface area (Å²) >= 11 is 0. The Kier molecular flexibility index (Phi) is 6.91. The van der Waals surface area contributed by atoms with Gasteiger partial charge in [-0.05, 0) is 48.4 Å². The highest BCUT2D eigenvalue weighted by molar-refractivity contribution is 6.05. The van der Waals surface area contributed by atoms with Crippen molar-refractivity contribution in [3.05, 3.63) is 98.7 Å². The fourth-order valence-corrected chi connectivity index (χ4v) is 3.32. The predicted octanol–water partition coefficient (Wildman–Crippen LogP) is 3.26. The summed E-state index contributed by atoms with van der Waals surface area (Å²) in [5, 5.41) is 27.6. The van der Waals surface area contributed by atoms with Crippen molar-refractivity contribution in [3.63, 3.8) is 0 Å². The summed E-state index contributed by atoms with van der Waals surface area (Å²) in [7, 11) is 0. The van der Waals surface area contributed by atoms with Gasteiger partial charge in [-0.25, -0.2) is 5.43 Å². The first-order valence-electron chi connectivity index (χ1n) is 10.6. The molecule has 1 aliphatic rings. The van der Waals surface area contributed by atoms with E-state index in [9.17, 15) is 24.8 Å². The first kappa shape index (κ1) is 24.0. The SMILES string of the molecule is Cc1cc([N+](=O)[O-])cc(/C=N\NC(=O)/C(=C\c2ccc3c(c2)OCO3)NC(=O)c2ccccc2)c1O. The van der Waals surface area contributed by atoms with E-state index in [1.165, 1.54) is 19.1 Å². The summed E-state index contributed by atoms with van der Waals surface area (Å²) in [6.45, 7) is 1.59. The molecule has 1 heterocycles. The van der Waals surface area contributed by atoms with Crippen molar-refractivity contribution in [2.24, 2.45) is 5.10 Å². The maximum Gasteiger partial charge on any atom is 0.287 e. The van der Waals surface area contributed by atoms with E-state index >= 15 is 0 Å². The molecule has 0 radical (unpaired) electrons. The molecule has 0 saturated carbocycles. The van der Waals surface area contributed by atoms with Crippen LogP contribution in [0.2, 0.25) is 0 Å². The van der Waals surface area contributed by atoms with Crippen LogP contribution in [0.1, 0.15) is 27.0 Å². The lowest BCUT2D eigenvalue weighted by atomic mass is 10.1. The van der Waals surface area contributed by atoms with Crippen LogP contribution in [0.3, 0.4) is 0 Å². The largest absolute Gasteiger partial charge is 0.507 e. The molecule has 182 valence electrons. The van der Waals surface area contributed by atoms with Gasteiger partial charge in [-0.1, -0.05) is 24.3 Å². The lowest BCUT2D eigenvalue weighted by molar-refractivity contribution is -0.384. The number of carbonyl (C=O) groups excluding carboxylic acids is 2. The zero-order valence-electron chi connectivity index (χ0n) is 18.9. The number of hydrogen-bond donors (Lipinski definition) is 3. The second-order valence-electron chi connectivity index (χ2n) is 7.65. The van der Waals surface area contributed by atoms with Crippen molar-refractivity contribution in [2.45, 2.75) is 6.92 Å². The van der Waals surface area contributed by atoms with Crippen LogP contribution in [0.15, 0.2) is 71.5 Å². The van der Waals surface area contributed by atoms with Crippen LogP contribution in [-0.2, 0) is 4.79 Å². The molecule has 0 spiro atoms. The average Bonchev–Trinajstić information content (AvgIpc) is 3.34. The number of aromatic hydroxyl groups is 1. The number of fused-ring (bicyclic) bond motifs is 1. The number of nitrogens with zero attached hydrogens (tertiary/aromatic N) is 2. The van der Waals surface area contributed by atoms with Crippen molar-refractivity contribution in [1.82, 2.24) is 10.7 Å². The maximum absolute atomic E-state index is 12.9. The maximum atomic E-state index is 12.9. The van der Waals surface area contributed by atoms with E-state index in [4.69, 9.17) is 9.47 Å². The smallest absolute Gasteiger partial charge is 0.287 e. The Morgan fingerprint density at radius 1 is 1.08 bits per heavy atom. The van der Waals surface area contributed by atoms with Crippen molar-refractivity contribution in [2.75, 3.05) is 6.79 Å². The molecule has 0 aromatic heterocycles. The van der Waals surface area contributed by atoms with Crippen molar-refractivity contribution >= 4 is 29.8 Å². The highest BCUT2D eigenvalue weighted by Gasteiger charge is 2.17. The number of hydrazone groups is 1. The monoisotopic (exact) mass is 488 g/mol. The first-order chi connectivity index (χ1) is 17.3. The van der Waals surface area contributed by atoms with Gasteiger partial charge in [0.2, 0.25) is 6.79 Å². The van der Waals surface area contributed by atoms with E-state index in [2.05, 4.69) is 15.8 Å². The molecule has 3 aromatic rings. The summed E-state index contributed by atoms with van der Waals surface area (Å²) in [5.41, 5.74) is 3.10. The minimum atomic E-state index is -0.769. The molecule has 0 saturated heterocycles. The second-order valence-corrected chi connectivity index (χ2v) is 7.65. The Morgan fingerprint density at radius 2 is 1.83 bits per heavy atom. The summed E-state index contributed by atoms with van der Waals surface area (Å²) in [6, 6.07) is 15.7. The number of non-ortho nitro benzene ring substituents is 1. The van der Waals surface area contributed by atoms with Crippen LogP contribution < -0.4 is 20.2 Å². The highest BCUT2D eigenvalue weighted by Crippen LogP contribution is 2.33. The number of aryl methyl sites for hydroxylation is 1. The zero-order chi connectivity index (χ0) is 25.7. The van der Waals surface area contributed by atoms with Gasteiger partial charge in [0.05, 0.1) is 11.1 Å². The van der Waals surface area contributed by atoms with Crippen LogP contribution in [0.5, 0.6) is 17.2 Å². The lowest BCUT2D eigenvalue weighted by Crippen LogP contribution is -2.32. The van der Waals surface area contributed by atoms with E-state index in [-0.39, 0.29) is 35.1 Å². The number of phenolic OH excluding ortho intramolecular Hbond substituents is 1. The number of phenols is 1. The molecule has 1 aliphatic heterocycles. The fraction of sp³-hybridized carbons (Fsp3) is 0.0800. The summed E-state index contributed by atoms with van der Waals surface area (Å²) in [5.74, 6) is -0.453. The third kappa shape index (κ3) is 5.47. The minimum absolute atomic E-state index is 0.0385. The van der Waals surface area contributed by atoms with Gasteiger partial charge in [-0.3, -0.25) is 19.7 Å². The number of ether oxygens (including phenoxy) is 2. The lowest BCUT2D eigenvalue weighted by Gasteiger charge is -2.09. The average molecular weight is 488 g/mol. The molecule has 0 fully saturated rings. The Labute approximate surface area is 204 Å². The van der Waals surface area contributed by atoms with E-state index in [1.807, 2.05) is 0 Å². The predicted molar refractivity (Wildman–Crippen MR) is 130 cm³/mol. The van der Waals surface area contributed by atoms with E-state index in [0.29, 0.717) is 22.6 Å². The highest BCUT2D eigenvalue weighted by atomic mass is 16.7. The molecule has 11 heteroatoms. The van der Waals surface area contributed by atoms with Gasteiger partial charge < -0.3 is 19.9 Å². The Bertz CT molecular complexity index is 1400. The summed E-state index contributed by atoms with van der Waals surface area (Å²) in [4.78, 5) is 36.1. The standard InChI is InChI=1S/C25H20N4O7/c1-15-9-19(29(33)34)12-18(23(15)30)13-26-28-25(32)20(27-24(31)17-5-3-2-4-6-17)10-16-7-8-21-22(11-16)36-14-35-21/h2-13,30H,14H2,1H3,(H,27,31)(H,28,32)/b20-10+,26-13-. The minimum Gasteiger partial charge on any atom is -0.507 e. The Morgan fingerprint density at radius 3 is 2.58 bits per heavy atom. The van der Waals surface area contributed by atoms with Crippen molar-refractivity contribution in [3.8, 4) is 17.2 Å². The number of nitro groups is 1. The van der Waals surface area contributed by atoms with Crippen LogP contribution in [0.4, 0.5) is 5.69 Å². The molecular weight excluding hydrogens is 468 g/mol. The van der Waals surface area contributed by atoms with Gasteiger partial charge in [-0.15, -0.1) is 0 Å². The molecule has 11 nitrogen and oxygen atoms in total. The number of benzene rings is 3. The van der Waals surface area contributed by atoms with Gasteiger partial charge in [-0.2, -0.15) is 5.10 Å². The van der Waals surface area contributed by atoms with Crippen LogP contribution in [0.25, 0.3) is 6.08 Å². The molecule has 0 atom stereocenters. The summed E-state index contributed by atoms with van der Waals surface area (Å²) in [6.07, 6.45) is 2.51. The number of amides is 2. The van der Waals surface area contributed by atoms with Gasteiger partial charge in [0.15, 0.2) is 11.5 Å². The van der Waals surface area contributed by atoms with Gasteiger partial charge in [0.25, 0.3) is 17.5 Å². The van der Waals surface area contributed by atoms with Crippen molar-refractivity contribution < 1.29 is 29.1 Å². The quantitative estimate of drug-likeness (QED) is 0.200. The Balaban J connectivity index is 1.59. The van der Waals surface area contributed by atoms with Crippen LogP contribution >= 0.6 is 0 Å². The number of rotatable bonds is 7.